The van der Waals surface area contributed by atoms with E-state index in [2.05, 4.69) is 20.8 Å². The first kappa shape index (κ1) is 9.76. The summed E-state index contributed by atoms with van der Waals surface area (Å²) in [6.45, 7) is 6.35. The normalized spacial score (nSPS) is 28.9. The van der Waals surface area contributed by atoms with Crippen molar-refractivity contribution in [3.8, 4) is 0 Å². The van der Waals surface area contributed by atoms with Crippen LogP contribution in [0.15, 0.2) is 0 Å². The Morgan fingerprint density at radius 2 is 2.17 bits per heavy atom. The number of Topliss-reactive ketones (excluding diaryl/α,β-unsaturated/α-hetero) is 1. The molecular formula is C11H20O. The van der Waals surface area contributed by atoms with Crippen molar-refractivity contribution in [1.82, 2.24) is 0 Å². The monoisotopic (exact) mass is 168 g/mol. The summed E-state index contributed by atoms with van der Waals surface area (Å²) in [5.41, 5.74) is -0.0297. The van der Waals surface area contributed by atoms with E-state index in [9.17, 15) is 4.79 Å². The Kier molecular flexibility index (Phi) is 2.92. The summed E-state index contributed by atoms with van der Waals surface area (Å²) >= 11 is 0. The molecule has 1 fully saturated rings. The minimum Gasteiger partial charge on any atom is -0.299 e. The molecule has 0 aliphatic heterocycles. The van der Waals surface area contributed by atoms with Gasteiger partial charge in [0, 0.05) is 11.3 Å². The van der Waals surface area contributed by atoms with Crippen molar-refractivity contribution in [2.24, 2.45) is 11.3 Å². The molecule has 0 heterocycles. The molecule has 0 radical (unpaired) electrons. The molecule has 0 aromatic heterocycles. The van der Waals surface area contributed by atoms with Gasteiger partial charge in [-0.3, -0.25) is 4.79 Å². The van der Waals surface area contributed by atoms with E-state index in [0.717, 1.165) is 25.7 Å². The maximum Gasteiger partial charge on any atom is 0.141 e. The Bertz CT molecular complexity index is 168. The maximum absolute atomic E-state index is 11.8. The average molecular weight is 168 g/mol. The van der Waals surface area contributed by atoms with E-state index < -0.39 is 0 Å². The highest BCUT2D eigenvalue weighted by Crippen LogP contribution is 2.36. The smallest absolute Gasteiger partial charge is 0.141 e. The third-order valence-electron chi connectivity index (χ3n) is 3.03. The molecule has 0 bridgehead atoms. The number of rotatable bonds is 2. The minimum absolute atomic E-state index is 0.0297. The zero-order valence-corrected chi connectivity index (χ0v) is 8.52. The Balaban J connectivity index is 2.60. The zero-order valence-electron chi connectivity index (χ0n) is 8.52. The first-order valence-corrected chi connectivity index (χ1v) is 5.12. The van der Waals surface area contributed by atoms with Crippen molar-refractivity contribution in [3.63, 3.8) is 0 Å². The average Bonchev–Trinajstić information content (AvgIpc) is 1.99. The lowest BCUT2D eigenvalue weighted by Crippen LogP contribution is -2.35. The quantitative estimate of drug-likeness (QED) is 0.619. The Hall–Kier alpha value is -0.330. The minimum atomic E-state index is -0.0297. The van der Waals surface area contributed by atoms with Crippen molar-refractivity contribution in [2.45, 2.75) is 52.9 Å². The van der Waals surface area contributed by atoms with Gasteiger partial charge in [-0.1, -0.05) is 33.6 Å². The molecular weight excluding hydrogens is 148 g/mol. The van der Waals surface area contributed by atoms with Crippen LogP contribution in [0.3, 0.4) is 0 Å². The molecule has 0 saturated heterocycles. The molecule has 1 nitrogen and oxygen atoms in total. The predicted molar refractivity (Wildman–Crippen MR) is 51.0 cm³/mol. The first-order chi connectivity index (χ1) is 5.58. The van der Waals surface area contributed by atoms with Gasteiger partial charge < -0.3 is 0 Å². The van der Waals surface area contributed by atoms with E-state index in [1.807, 2.05) is 0 Å². The van der Waals surface area contributed by atoms with Crippen LogP contribution in [0.4, 0.5) is 0 Å². The van der Waals surface area contributed by atoms with Gasteiger partial charge in [0.1, 0.15) is 5.78 Å². The van der Waals surface area contributed by atoms with E-state index in [1.54, 1.807) is 0 Å². The fourth-order valence-electron chi connectivity index (χ4n) is 2.22. The number of carbonyl (C=O) groups is 1. The molecule has 0 N–H and O–H groups in total. The van der Waals surface area contributed by atoms with E-state index in [4.69, 9.17) is 0 Å². The van der Waals surface area contributed by atoms with Crippen LogP contribution in [0.2, 0.25) is 0 Å². The molecule has 1 heteroatoms. The van der Waals surface area contributed by atoms with Crippen molar-refractivity contribution >= 4 is 5.78 Å². The van der Waals surface area contributed by atoms with Crippen molar-refractivity contribution in [3.05, 3.63) is 0 Å². The van der Waals surface area contributed by atoms with Gasteiger partial charge in [0.25, 0.3) is 0 Å². The van der Waals surface area contributed by atoms with Crippen LogP contribution in [0, 0.1) is 11.3 Å². The van der Waals surface area contributed by atoms with Gasteiger partial charge in [0.15, 0.2) is 0 Å². The summed E-state index contributed by atoms with van der Waals surface area (Å²) in [7, 11) is 0. The lowest BCUT2D eigenvalue weighted by molar-refractivity contribution is -0.134. The van der Waals surface area contributed by atoms with Crippen molar-refractivity contribution in [1.29, 1.82) is 0 Å². The van der Waals surface area contributed by atoms with Crippen LogP contribution in [-0.2, 0) is 4.79 Å². The summed E-state index contributed by atoms with van der Waals surface area (Å²) in [5.74, 6) is 0.884. The zero-order chi connectivity index (χ0) is 9.19. The summed E-state index contributed by atoms with van der Waals surface area (Å²) < 4.78 is 0. The van der Waals surface area contributed by atoms with Crippen LogP contribution in [0.25, 0.3) is 0 Å². The molecule has 1 rings (SSSR count). The van der Waals surface area contributed by atoms with E-state index in [0.29, 0.717) is 11.7 Å². The SMILES string of the molecule is CCC[C@H]1CCCC(C)(C)C1=O. The molecule has 0 spiro atoms. The molecule has 12 heavy (non-hydrogen) atoms. The lowest BCUT2D eigenvalue weighted by Gasteiger charge is -2.33. The molecule has 1 saturated carbocycles. The third kappa shape index (κ3) is 1.88. The fourth-order valence-corrected chi connectivity index (χ4v) is 2.22. The topological polar surface area (TPSA) is 17.1 Å². The van der Waals surface area contributed by atoms with Crippen molar-refractivity contribution < 1.29 is 4.79 Å². The molecule has 70 valence electrons. The van der Waals surface area contributed by atoms with Gasteiger partial charge in [-0.25, -0.2) is 0 Å². The maximum atomic E-state index is 11.8. The van der Waals surface area contributed by atoms with Crippen molar-refractivity contribution in [2.75, 3.05) is 0 Å². The Morgan fingerprint density at radius 3 is 2.75 bits per heavy atom. The molecule has 1 aliphatic carbocycles. The highest BCUT2D eigenvalue weighted by Gasteiger charge is 2.36. The number of carbonyl (C=O) groups excluding carboxylic acids is 1. The summed E-state index contributed by atoms with van der Waals surface area (Å²) in [4.78, 5) is 11.8. The Morgan fingerprint density at radius 1 is 1.50 bits per heavy atom. The Labute approximate surface area is 75.5 Å². The third-order valence-corrected chi connectivity index (χ3v) is 3.03. The van der Waals surface area contributed by atoms with Gasteiger partial charge in [-0.2, -0.15) is 0 Å². The van der Waals surface area contributed by atoms with E-state index in [1.165, 1.54) is 6.42 Å². The fraction of sp³-hybridized carbons (Fsp3) is 0.909. The summed E-state index contributed by atoms with van der Waals surface area (Å²) in [6, 6.07) is 0. The van der Waals surface area contributed by atoms with Gasteiger partial charge >= 0.3 is 0 Å². The van der Waals surface area contributed by atoms with Crippen LogP contribution >= 0.6 is 0 Å². The van der Waals surface area contributed by atoms with Crippen LogP contribution in [0.5, 0.6) is 0 Å². The summed E-state index contributed by atoms with van der Waals surface area (Å²) in [6.07, 6.45) is 5.71. The predicted octanol–water partition coefficient (Wildman–Crippen LogP) is 3.18. The van der Waals surface area contributed by atoms with Crippen LogP contribution < -0.4 is 0 Å². The highest BCUT2D eigenvalue weighted by atomic mass is 16.1. The van der Waals surface area contributed by atoms with Gasteiger partial charge in [-0.15, -0.1) is 0 Å². The molecule has 1 aliphatic rings. The number of hydrogen-bond donors (Lipinski definition) is 0. The second kappa shape index (κ2) is 3.59. The standard InChI is InChI=1S/C11H20O/c1-4-6-9-7-5-8-11(2,3)10(9)12/h9H,4-8H2,1-3H3/t9-/m0/s1. The van der Waals surface area contributed by atoms with Gasteiger partial charge in [-0.05, 0) is 19.3 Å². The lowest BCUT2D eigenvalue weighted by atomic mass is 9.70. The second-order valence-corrected chi connectivity index (χ2v) is 4.63. The molecule has 0 aromatic rings. The van der Waals surface area contributed by atoms with Gasteiger partial charge in [0.05, 0.1) is 0 Å². The van der Waals surface area contributed by atoms with Gasteiger partial charge in [0.2, 0.25) is 0 Å². The van der Waals surface area contributed by atoms with E-state index >= 15 is 0 Å². The first-order valence-electron chi connectivity index (χ1n) is 5.12. The largest absolute Gasteiger partial charge is 0.299 e. The highest BCUT2D eigenvalue weighted by molar-refractivity contribution is 5.86. The molecule has 0 unspecified atom stereocenters. The van der Waals surface area contributed by atoms with Crippen LogP contribution in [-0.4, -0.2) is 5.78 Å². The number of ketones is 1. The molecule has 1 atom stereocenters. The number of hydrogen-bond acceptors (Lipinski definition) is 1. The van der Waals surface area contributed by atoms with Crippen LogP contribution in [0.1, 0.15) is 52.9 Å². The molecule has 0 amide bonds. The second-order valence-electron chi connectivity index (χ2n) is 4.63. The molecule has 0 aromatic carbocycles. The van der Waals surface area contributed by atoms with E-state index in [-0.39, 0.29) is 5.41 Å². The summed E-state index contributed by atoms with van der Waals surface area (Å²) in [5, 5.41) is 0.